The summed E-state index contributed by atoms with van der Waals surface area (Å²) in [6.45, 7) is 7.61. The van der Waals surface area contributed by atoms with Crippen molar-refractivity contribution in [1.82, 2.24) is 15.1 Å². The maximum atomic E-state index is 14.5. The van der Waals surface area contributed by atoms with Crippen molar-refractivity contribution in [2.24, 2.45) is 11.8 Å². The molecule has 47 heavy (non-hydrogen) atoms. The summed E-state index contributed by atoms with van der Waals surface area (Å²) in [5.74, 6) is -3.36. The number of aliphatic hydroxyl groups excluding tert-OH is 1. The second kappa shape index (κ2) is 15.6. The Morgan fingerprint density at radius 1 is 1.15 bits per heavy atom. The first-order chi connectivity index (χ1) is 22.8. The summed E-state index contributed by atoms with van der Waals surface area (Å²) in [6.07, 6.45) is 8.41. The summed E-state index contributed by atoms with van der Waals surface area (Å²) in [4.78, 5) is 59.1. The van der Waals surface area contributed by atoms with Crippen molar-refractivity contribution in [3.05, 3.63) is 61.2 Å². The number of nitrogens with one attached hydrogen (secondary N) is 1. The molecule has 1 aliphatic carbocycles. The van der Waals surface area contributed by atoms with Crippen LogP contribution >= 0.6 is 0 Å². The second-order valence-corrected chi connectivity index (χ2v) is 13.1. The molecular weight excluding hydrogens is 602 g/mol. The van der Waals surface area contributed by atoms with Crippen LogP contribution in [0.25, 0.3) is 0 Å². The van der Waals surface area contributed by atoms with Gasteiger partial charge in [0, 0.05) is 32.7 Å². The molecule has 0 unspecified atom stereocenters. The van der Waals surface area contributed by atoms with Crippen molar-refractivity contribution in [3.8, 4) is 0 Å². The molecular formula is C36H49N3O8. The van der Waals surface area contributed by atoms with Gasteiger partial charge in [0.15, 0.2) is 0 Å². The van der Waals surface area contributed by atoms with Gasteiger partial charge in [0.1, 0.15) is 17.7 Å². The number of methoxy groups -OCH3 is 1. The highest BCUT2D eigenvalue weighted by Gasteiger charge is 2.75. The minimum absolute atomic E-state index is 0.0289. The number of ether oxygens (including phenoxy) is 3. The summed E-state index contributed by atoms with van der Waals surface area (Å²) in [5, 5.41) is 13.0. The minimum atomic E-state index is -1.21. The highest BCUT2D eigenvalue weighted by molar-refractivity contribution is 5.98. The number of allylic oxidation sites excluding steroid dienone is 1. The first-order valence-electron chi connectivity index (χ1n) is 17.0. The number of benzene rings is 1. The molecule has 1 aromatic rings. The molecule has 11 heteroatoms. The van der Waals surface area contributed by atoms with Crippen molar-refractivity contribution in [3.63, 3.8) is 0 Å². The number of hydrogen-bond donors (Lipinski definition) is 2. The van der Waals surface area contributed by atoms with Crippen molar-refractivity contribution in [2.75, 3.05) is 33.4 Å². The van der Waals surface area contributed by atoms with E-state index in [2.05, 4.69) is 18.5 Å². The number of hydrogen-bond acceptors (Lipinski definition) is 8. The highest BCUT2D eigenvalue weighted by Crippen LogP contribution is 2.59. The summed E-state index contributed by atoms with van der Waals surface area (Å²) in [7, 11) is 1.51. The van der Waals surface area contributed by atoms with Crippen LogP contribution in [0.5, 0.6) is 0 Å². The first-order valence-corrected chi connectivity index (χ1v) is 17.0. The molecule has 3 amide bonds. The topological polar surface area (TPSA) is 135 Å². The molecule has 3 saturated heterocycles. The number of fused-ring (bicyclic) bond motifs is 1. The molecule has 2 bridgehead atoms. The van der Waals surface area contributed by atoms with Gasteiger partial charge in [-0.1, -0.05) is 61.7 Å². The quantitative estimate of drug-likeness (QED) is 0.206. The third-order valence-corrected chi connectivity index (χ3v) is 10.3. The molecule has 4 fully saturated rings. The van der Waals surface area contributed by atoms with Crippen LogP contribution in [0.4, 0.5) is 0 Å². The Morgan fingerprint density at radius 2 is 1.89 bits per heavy atom. The van der Waals surface area contributed by atoms with Crippen LogP contribution in [0, 0.1) is 11.8 Å². The van der Waals surface area contributed by atoms with Crippen molar-refractivity contribution < 1.29 is 38.5 Å². The van der Waals surface area contributed by atoms with E-state index < -0.39 is 47.7 Å². The third kappa shape index (κ3) is 6.89. The molecule has 0 radical (unpaired) electrons. The van der Waals surface area contributed by atoms with Gasteiger partial charge < -0.3 is 34.4 Å². The number of β-amino-alcohol motifs (C(OH)–C–C–N with tert-alkyl or cyclic N) is 1. The number of nitrogens with zero attached hydrogens (tertiary/aromatic N) is 2. The number of aliphatic hydroxyl groups is 1. The van der Waals surface area contributed by atoms with Crippen LogP contribution in [0.1, 0.15) is 69.5 Å². The van der Waals surface area contributed by atoms with Gasteiger partial charge in [-0.25, -0.2) is 0 Å². The molecule has 3 aliphatic heterocycles. The van der Waals surface area contributed by atoms with Crippen molar-refractivity contribution in [2.45, 2.75) is 93.7 Å². The zero-order valence-electron chi connectivity index (χ0n) is 27.4. The average molecular weight is 652 g/mol. The van der Waals surface area contributed by atoms with Crippen molar-refractivity contribution >= 4 is 23.7 Å². The van der Waals surface area contributed by atoms with Crippen molar-refractivity contribution in [1.29, 1.82) is 0 Å². The Labute approximate surface area is 277 Å². The zero-order chi connectivity index (χ0) is 33.6. The van der Waals surface area contributed by atoms with Crippen LogP contribution < -0.4 is 5.32 Å². The van der Waals surface area contributed by atoms with E-state index in [-0.39, 0.29) is 49.9 Å². The van der Waals surface area contributed by atoms with E-state index >= 15 is 0 Å². The lowest BCUT2D eigenvalue weighted by Crippen LogP contribution is -2.58. The van der Waals surface area contributed by atoms with Gasteiger partial charge in [0.25, 0.3) is 0 Å². The van der Waals surface area contributed by atoms with E-state index in [1.807, 2.05) is 35.2 Å². The Hall–Kier alpha value is -3.54. The summed E-state index contributed by atoms with van der Waals surface area (Å²) < 4.78 is 18.3. The van der Waals surface area contributed by atoms with E-state index in [1.165, 1.54) is 12.0 Å². The number of likely N-dealkylation sites (tertiary alicyclic amines) is 1. The van der Waals surface area contributed by atoms with E-state index in [9.17, 15) is 24.3 Å². The Kier molecular flexibility index (Phi) is 11.5. The molecule has 5 rings (SSSR count). The monoisotopic (exact) mass is 651 g/mol. The maximum absolute atomic E-state index is 14.5. The summed E-state index contributed by atoms with van der Waals surface area (Å²) in [6, 6.07) is 7.46. The van der Waals surface area contributed by atoms with Gasteiger partial charge in [0.05, 0.1) is 37.2 Å². The molecule has 3 heterocycles. The predicted molar refractivity (Wildman–Crippen MR) is 174 cm³/mol. The Balaban J connectivity index is 1.45. The third-order valence-electron chi connectivity index (χ3n) is 10.3. The molecule has 4 aliphatic rings. The van der Waals surface area contributed by atoms with Crippen LogP contribution in [-0.2, 0) is 33.4 Å². The molecule has 0 aromatic heterocycles. The molecule has 256 valence electrons. The fourth-order valence-electron chi connectivity index (χ4n) is 8.28. The summed E-state index contributed by atoms with van der Waals surface area (Å²) in [5.41, 5.74) is -0.551. The normalized spacial score (nSPS) is 28.0. The van der Waals surface area contributed by atoms with Gasteiger partial charge in [-0.15, -0.1) is 13.2 Å². The van der Waals surface area contributed by atoms with E-state index in [0.717, 1.165) is 32.1 Å². The SMILES string of the molecule is C=CCCC(=O)N[C@@H](COC)[C@@H](OC(=O)[C@@H]1[C@@H]2CC[C@]3(O2)[C@H](C(=O)N(CC=C)C2CCCCC2)N(CCO)C(=O)[C@@H]13)c1ccccc1. The van der Waals surface area contributed by atoms with Crippen LogP contribution in [-0.4, -0.2) is 102 Å². The summed E-state index contributed by atoms with van der Waals surface area (Å²) >= 11 is 0. The molecule has 1 saturated carbocycles. The lowest BCUT2D eigenvalue weighted by Gasteiger charge is -2.40. The molecule has 1 aromatic carbocycles. The lowest BCUT2D eigenvalue weighted by molar-refractivity contribution is -0.163. The average Bonchev–Trinajstić information content (AvgIpc) is 3.73. The van der Waals surface area contributed by atoms with Crippen LogP contribution in [0.2, 0.25) is 0 Å². The molecule has 1 spiro atoms. The van der Waals surface area contributed by atoms with Gasteiger partial charge in [-0.2, -0.15) is 0 Å². The number of rotatable bonds is 16. The van der Waals surface area contributed by atoms with E-state index in [1.54, 1.807) is 12.2 Å². The van der Waals surface area contributed by atoms with Gasteiger partial charge >= 0.3 is 5.97 Å². The Morgan fingerprint density at radius 3 is 2.55 bits per heavy atom. The van der Waals surface area contributed by atoms with Crippen LogP contribution in [0.3, 0.4) is 0 Å². The fraction of sp³-hybridized carbons (Fsp3) is 0.611. The largest absolute Gasteiger partial charge is 0.455 e. The zero-order valence-corrected chi connectivity index (χ0v) is 27.4. The predicted octanol–water partition coefficient (Wildman–Crippen LogP) is 3.08. The second-order valence-electron chi connectivity index (χ2n) is 13.1. The standard InChI is InChI=1S/C36H49N3O8/c1-4-6-17-28(41)37-26(23-45-3)31(24-13-9-7-10-14-24)46-35(44)29-27-18-19-36(47-27)30(29)33(42)39(21-22-40)32(36)34(43)38(20-5-2)25-15-11-8-12-16-25/h4-5,7,9-10,13-14,25-27,29-32,40H,1-2,6,8,11-12,15-23H2,3H3,(H,37,41)/t26-,27-,29+,30+,31-,32-,36+/m0/s1. The highest BCUT2D eigenvalue weighted by atomic mass is 16.6. The number of carbonyl (C=O) groups excluding carboxylic acids is 4. The fourth-order valence-corrected chi connectivity index (χ4v) is 8.28. The van der Waals surface area contributed by atoms with Gasteiger partial charge in [-0.05, 0) is 37.7 Å². The number of esters is 1. The minimum Gasteiger partial charge on any atom is -0.455 e. The molecule has 11 nitrogen and oxygen atoms in total. The first kappa shape index (κ1) is 34.8. The van der Waals surface area contributed by atoms with Crippen LogP contribution in [0.15, 0.2) is 55.6 Å². The van der Waals surface area contributed by atoms with E-state index in [4.69, 9.17) is 14.2 Å². The number of amides is 3. The van der Waals surface area contributed by atoms with Gasteiger partial charge in [-0.3, -0.25) is 19.2 Å². The van der Waals surface area contributed by atoms with E-state index in [0.29, 0.717) is 31.4 Å². The Bertz CT molecular complexity index is 1300. The maximum Gasteiger partial charge on any atom is 0.313 e. The van der Waals surface area contributed by atoms with Gasteiger partial charge in [0.2, 0.25) is 17.7 Å². The molecule has 7 atom stereocenters. The number of carbonyl (C=O) groups is 4. The lowest BCUT2D eigenvalue weighted by atomic mass is 9.70. The smallest absolute Gasteiger partial charge is 0.313 e. The molecule has 2 N–H and O–H groups in total.